The van der Waals surface area contributed by atoms with Gasteiger partial charge in [0.25, 0.3) is 0 Å². The molecule has 2 N–H and O–H groups in total. The lowest BCUT2D eigenvalue weighted by molar-refractivity contribution is -0.162. The van der Waals surface area contributed by atoms with Crippen LogP contribution >= 0.6 is 12.2 Å². The van der Waals surface area contributed by atoms with Crippen molar-refractivity contribution in [2.24, 2.45) is 23.0 Å². The van der Waals surface area contributed by atoms with Crippen molar-refractivity contribution in [1.29, 1.82) is 0 Å². The van der Waals surface area contributed by atoms with Gasteiger partial charge in [-0.1, -0.05) is 33.0 Å². The zero-order valence-corrected chi connectivity index (χ0v) is 13.5. The molecule has 0 saturated carbocycles. The van der Waals surface area contributed by atoms with Gasteiger partial charge in [0.15, 0.2) is 0 Å². The van der Waals surface area contributed by atoms with Crippen molar-refractivity contribution in [3.05, 3.63) is 0 Å². The maximum absolute atomic E-state index is 12.9. The lowest BCUT2D eigenvalue weighted by Gasteiger charge is -2.30. The molecule has 1 aliphatic heterocycles. The summed E-state index contributed by atoms with van der Waals surface area (Å²) in [6.07, 6.45) is -2.81. The first-order chi connectivity index (χ1) is 9.43. The van der Waals surface area contributed by atoms with Gasteiger partial charge in [-0.3, -0.25) is 4.79 Å². The Morgan fingerprint density at radius 1 is 1.38 bits per heavy atom. The van der Waals surface area contributed by atoms with Crippen LogP contribution in [0.4, 0.5) is 13.2 Å². The lowest BCUT2D eigenvalue weighted by atomic mass is 9.77. The minimum absolute atomic E-state index is 0.0445. The molecule has 1 aliphatic rings. The van der Waals surface area contributed by atoms with E-state index in [-0.39, 0.29) is 17.7 Å². The van der Waals surface area contributed by atoms with E-state index in [1.807, 2.05) is 0 Å². The van der Waals surface area contributed by atoms with E-state index in [9.17, 15) is 18.0 Å². The summed E-state index contributed by atoms with van der Waals surface area (Å²) < 4.78 is 38.7. The summed E-state index contributed by atoms with van der Waals surface area (Å²) in [7, 11) is 0. The third-order valence-electron chi connectivity index (χ3n) is 4.17. The Kier molecular flexibility index (Phi) is 5.63. The van der Waals surface area contributed by atoms with Crippen molar-refractivity contribution in [3.8, 4) is 0 Å². The summed E-state index contributed by atoms with van der Waals surface area (Å²) in [5.41, 5.74) is 5.24. The van der Waals surface area contributed by atoms with E-state index < -0.39 is 23.6 Å². The van der Waals surface area contributed by atoms with Crippen molar-refractivity contribution in [2.75, 3.05) is 13.1 Å². The fourth-order valence-electron chi connectivity index (χ4n) is 2.67. The van der Waals surface area contributed by atoms with Gasteiger partial charge in [-0.2, -0.15) is 13.2 Å². The molecule has 1 amide bonds. The van der Waals surface area contributed by atoms with Crippen LogP contribution in [-0.4, -0.2) is 35.1 Å². The predicted molar refractivity (Wildman–Crippen MR) is 79.7 cm³/mol. The number of hydrogen-bond donors (Lipinski definition) is 1. The molecule has 2 atom stereocenters. The highest BCUT2D eigenvalue weighted by molar-refractivity contribution is 7.80. The molecule has 0 spiro atoms. The first-order valence-electron chi connectivity index (χ1n) is 7.06. The van der Waals surface area contributed by atoms with E-state index in [4.69, 9.17) is 5.73 Å². The Morgan fingerprint density at radius 3 is 2.38 bits per heavy atom. The van der Waals surface area contributed by atoms with Gasteiger partial charge in [-0.15, -0.1) is 0 Å². The molecule has 0 radical (unpaired) electrons. The lowest BCUT2D eigenvalue weighted by Crippen LogP contribution is -2.45. The Bertz CT molecular complexity index is 404. The Labute approximate surface area is 129 Å². The Morgan fingerprint density at radius 2 is 1.95 bits per heavy atom. The second kappa shape index (κ2) is 6.50. The fourth-order valence-corrected chi connectivity index (χ4v) is 2.88. The number of amides is 1. The predicted octanol–water partition coefficient (Wildman–Crippen LogP) is 3.13. The molecule has 0 aromatic heterocycles. The van der Waals surface area contributed by atoms with E-state index in [1.165, 1.54) is 4.90 Å². The number of nitrogens with two attached hydrogens (primary N) is 1. The normalized spacial score (nSPS) is 22.9. The molecule has 2 unspecified atom stereocenters. The molecule has 7 heteroatoms. The molecule has 0 bridgehead atoms. The third-order valence-corrected chi connectivity index (χ3v) is 4.46. The topological polar surface area (TPSA) is 46.3 Å². The second-order valence-electron chi connectivity index (χ2n) is 6.73. The standard InChI is InChI=1S/C14H23F3N2OS/c1-13(2,3)9-4-5-11(20)19(7-6-9)8-10(12(18)21)14(15,16)17/h9-10H,4-8H2,1-3H3,(H2,18,21). The number of alkyl halides is 3. The highest BCUT2D eigenvalue weighted by atomic mass is 32.1. The van der Waals surface area contributed by atoms with E-state index in [1.54, 1.807) is 0 Å². The summed E-state index contributed by atoms with van der Waals surface area (Å²) in [5.74, 6) is -1.85. The van der Waals surface area contributed by atoms with Gasteiger partial charge in [0.05, 0.1) is 4.99 Å². The summed E-state index contributed by atoms with van der Waals surface area (Å²) in [5, 5.41) is 0. The van der Waals surface area contributed by atoms with Crippen LogP contribution in [0.5, 0.6) is 0 Å². The van der Waals surface area contributed by atoms with Gasteiger partial charge in [0, 0.05) is 19.5 Å². The molecule has 122 valence electrons. The van der Waals surface area contributed by atoms with Gasteiger partial charge in [-0.25, -0.2) is 0 Å². The molecule has 0 aromatic carbocycles. The summed E-state index contributed by atoms with van der Waals surface area (Å²) in [6.45, 7) is 6.13. The van der Waals surface area contributed by atoms with E-state index >= 15 is 0 Å². The minimum atomic E-state index is -4.51. The first-order valence-corrected chi connectivity index (χ1v) is 7.47. The number of nitrogens with zero attached hydrogens (tertiary/aromatic N) is 1. The number of thiocarbonyl (C=S) groups is 1. The molecule has 1 saturated heterocycles. The average molecular weight is 324 g/mol. The first kappa shape index (κ1) is 18.2. The monoisotopic (exact) mass is 324 g/mol. The van der Waals surface area contributed by atoms with Gasteiger partial charge in [-0.05, 0) is 24.2 Å². The highest BCUT2D eigenvalue weighted by Crippen LogP contribution is 2.35. The van der Waals surface area contributed by atoms with Crippen molar-refractivity contribution >= 4 is 23.1 Å². The third kappa shape index (κ3) is 5.13. The van der Waals surface area contributed by atoms with Gasteiger partial charge < -0.3 is 10.6 Å². The molecule has 1 heterocycles. The number of likely N-dealkylation sites (tertiary alicyclic amines) is 1. The highest BCUT2D eigenvalue weighted by Gasteiger charge is 2.43. The quantitative estimate of drug-likeness (QED) is 0.811. The number of carbonyl (C=O) groups excluding carboxylic acids is 1. The van der Waals surface area contributed by atoms with Gasteiger partial charge in [0.2, 0.25) is 5.91 Å². The molecule has 3 nitrogen and oxygen atoms in total. The van der Waals surface area contributed by atoms with Crippen LogP contribution in [0.25, 0.3) is 0 Å². The molecule has 1 fully saturated rings. The van der Waals surface area contributed by atoms with Crippen LogP contribution in [0.2, 0.25) is 0 Å². The van der Waals surface area contributed by atoms with Crippen molar-refractivity contribution < 1.29 is 18.0 Å². The van der Waals surface area contributed by atoms with Crippen LogP contribution < -0.4 is 5.73 Å². The fraction of sp³-hybridized carbons (Fsp3) is 0.857. The van der Waals surface area contributed by atoms with Gasteiger partial charge >= 0.3 is 6.18 Å². The Hall–Kier alpha value is -0.850. The van der Waals surface area contributed by atoms with Crippen molar-refractivity contribution in [1.82, 2.24) is 4.90 Å². The molecule has 1 rings (SSSR count). The zero-order valence-electron chi connectivity index (χ0n) is 12.7. The van der Waals surface area contributed by atoms with E-state index in [0.29, 0.717) is 25.3 Å². The van der Waals surface area contributed by atoms with E-state index in [0.717, 1.165) is 0 Å². The Balaban J connectivity index is 2.79. The van der Waals surface area contributed by atoms with E-state index in [2.05, 4.69) is 33.0 Å². The SMILES string of the molecule is CC(C)(C)C1CCC(=O)N(CC(C(N)=S)C(F)(F)F)CC1. The zero-order chi connectivity index (χ0) is 16.4. The number of rotatable bonds is 3. The largest absolute Gasteiger partial charge is 0.399 e. The smallest absolute Gasteiger partial charge is 0.393 e. The molecule has 0 aliphatic carbocycles. The van der Waals surface area contributed by atoms with Gasteiger partial charge in [0.1, 0.15) is 5.92 Å². The number of halogens is 3. The van der Waals surface area contributed by atoms with Crippen LogP contribution in [-0.2, 0) is 4.79 Å². The van der Waals surface area contributed by atoms with Crippen molar-refractivity contribution in [3.63, 3.8) is 0 Å². The van der Waals surface area contributed by atoms with Crippen LogP contribution in [0.1, 0.15) is 40.0 Å². The summed E-state index contributed by atoms with van der Waals surface area (Å²) in [6, 6.07) is 0. The summed E-state index contributed by atoms with van der Waals surface area (Å²) in [4.78, 5) is 12.7. The molecular weight excluding hydrogens is 301 g/mol. The average Bonchev–Trinajstić information content (AvgIpc) is 2.45. The van der Waals surface area contributed by atoms with Crippen LogP contribution in [0.3, 0.4) is 0 Å². The second-order valence-corrected chi connectivity index (χ2v) is 7.20. The number of hydrogen-bond acceptors (Lipinski definition) is 2. The summed E-state index contributed by atoms with van der Waals surface area (Å²) >= 11 is 4.51. The maximum atomic E-state index is 12.9. The minimum Gasteiger partial charge on any atom is -0.393 e. The number of carbonyl (C=O) groups is 1. The van der Waals surface area contributed by atoms with Crippen LogP contribution in [0.15, 0.2) is 0 Å². The van der Waals surface area contributed by atoms with Crippen LogP contribution in [0, 0.1) is 17.3 Å². The molecular formula is C14H23F3N2OS. The molecule has 21 heavy (non-hydrogen) atoms. The van der Waals surface area contributed by atoms with Crippen molar-refractivity contribution in [2.45, 2.75) is 46.2 Å². The maximum Gasteiger partial charge on any atom is 0.399 e. The molecule has 0 aromatic rings.